The van der Waals surface area contributed by atoms with Crippen LogP contribution in [0.15, 0.2) is 53.5 Å². The Hall–Kier alpha value is -2.08. The molecule has 30 heavy (non-hydrogen) atoms. The number of piperidine rings is 1. The molecule has 0 aromatic heterocycles. The molecule has 1 fully saturated rings. The summed E-state index contributed by atoms with van der Waals surface area (Å²) in [6.07, 6.45) is 1.63. The maximum atomic E-state index is 9.65. The Morgan fingerprint density at radius 3 is 2.50 bits per heavy atom. The van der Waals surface area contributed by atoms with Crippen molar-refractivity contribution in [2.75, 3.05) is 26.7 Å². The second-order valence-corrected chi connectivity index (χ2v) is 8.42. The number of hydrogen-bond acceptors (Lipinski definition) is 3. The maximum absolute atomic E-state index is 9.65. The topological polar surface area (TPSA) is 51.1 Å². The van der Waals surface area contributed by atoms with Crippen molar-refractivity contribution in [2.45, 2.75) is 45.5 Å². The Morgan fingerprint density at radius 2 is 1.83 bits per heavy atom. The molecule has 5 nitrogen and oxygen atoms in total. The highest BCUT2D eigenvalue weighted by Crippen LogP contribution is 2.15. The summed E-state index contributed by atoms with van der Waals surface area (Å²) in [5.74, 6) is 0.883. The fourth-order valence-corrected chi connectivity index (χ4v) is 3.92. The summed E-state index contributed by atoms with van der Waals surface area (Å²) in [6, 6.07) is 16.6. The Morgan fingerprint density at radius 1 is 1.13 bits per heavy atom. The number of benzene rings is 2. The molecule has 1 heterocycles. The van der Waals surface area contributed by atoms with Gasteiger partial charge >= 0.3 is 0 Å². The quantitative estimate of drug-likeness (QED) is 0.518. The van der Waals surface area contributed by atoms with Gasteiger partial charge in [-0.1, -0.05) is 48.0 Å². The molecule has 2 N–H and O–H groups in total. The summed E-state index contributed by atoms with van der Waals surface area (Å²) >= 11 is 6.11. The van der Waals surface area contributed by atoms with Crippen LogP contribution >= 0.6 is 11.6 Å². The van der Waals surface area contributed by atoms with E-state index in [1.807, 2.05) is 25.2 Å². The first-order valence-corrected chi connectivity index (χ1v) is 11.1. The van der Waals surface area contributed by atoms with Crippen LogP contribution in [0.2, 0.25) is 5.02 Å². The number of aliphatic imine (C=N–C) groups is 1. The van der Waals surface area contributed by atoms with Crippen LogP contribution in [0.4, 0.5) is 0 Å². The van der Waals surface area contributed by atoms with Crippen LogP contribution < -0.4 is 5.32 Å². The first kappa shape index (κ1) is 22.6. The van der Waals surface area contributed by atoms with Gasteiger partial charge < -0.3 is 15.3 Å². The second kappa shape index (κ2) is 11.3. The Kier molecular flexibility index (Phi) is 8.55. The molecular weight excluding hydrogens is 396 g/mol. The van der Waals surface area contributed by atoms with Crippen molar-refractivity contribution in [2.24, 2.45) is 4.99 Å². The van der Waals surface area contributed by atoms with E-state index in [0.29, 0.717) is 6.54 Å². The summed E-state index contributed by atoms with van der Waals surface area (Å²) in [5.41, 5.74) is 3.66. The van der Waals surface area contributed by atoms with Crippen molar-refractivity contribution < 1.29 is 5.11 Å². The average Bonchev–Trinajstić information content (AvgIpc) is 2.74. The molecule has 0 saturated carbocycles. The van der Waals surface area contributed by atoms with Gasteiger partial charge in [-0.3, -0.25) is 4.90 Å². The van der Waals surface area contributed by atoms with E-state index in [4.69, 9.17) is 16.6 Å². The fraction of sp³-hybridized carbons (Fsp3) is 0.458. The van der Waals surface area contributed by atoms with Crippen molar-refractivity contribution in [3.8, 4) is 0 Å². The highest BCUT2D eigenvalue weighted by Gasteiger charge is 2.16. The van der Waals surface area contributed by atoms with Crippen LogP contribution in [0, 0.1) is 0 Å². The van der Waals surface area contributed by atoms with E-state index in [1.165, 1.54) is 11.1 Å². The molecule has 2 aromatic carbocycles. The minimum absolute atomic E-state index is 0.121. The van der Waals surface area contributed by atoms with Crippen molar-refractivity contribution in [3.05, 3.63) is 70.2 Å². The summed E-state index contributed by atoms with van der Waals surface area (Å²) in [4.78, 5) is 9.35. The zero-order valence-corrected chi connectivity index (χ0v) is 18.8. The average molecular weight is 429 g/mol. The normalized spacial score (nSPS) is 15.9. The minimum atomic E-state index is -0.121. The molecule has 162 valence electrons. The third-order valence-electron chi connectivity index (χ3n) is 5.40. The van der Waals surface area contributed by atoms with E-state index in [0.717, 1.165) is 62.1 Å². The Balaban J connectivity index is 1.57. The van der Waals surface area contributed by atoms with E-state index in [1.54, 1.807) is 0 Å². The molecule has 0 aliphatic carbocycles. The van der Waals surface area contributed by atoms with Gasteiger partial charge in [0.05, 0.1) is 12.6 Å². The lowest BCUT2D eigenvalue weighted by Crippen LogP contribution is -2.38. The van der Waals surface area contributed by atoms with Crippen molar-refractivity contribution in [1.29, 1.82) is 0 Å². The van der Waals surface area contributed by atoms with Crippen LogP contribution in [-0.4, -0.2) is 53.7 Å². The second-order valence-electron chi connectivity index (χ2n) is 7.98. The van der Waals surface area contributed by atoms with E-state index in [-0.39, 0.29) is 6.10 Å². The maximum Gasteiger partial charge on any atom is 0.194 e. The number of nitrogens with one attached hydrogen (secondary N) is 1. The van der Waals surface area contributed by atoms with Crippen molar-refractivity contribution in [1.82, 2.24) is 15.1 Å². The number of guanidine groups is 1. The molecule has 6 heteroatoms. The van der Waals surface area contributed by atoms with Crippen LogP contribution in [0.25, 0.3) is 0 Å². The standard InChI is InChI=1S/C24H33ClN4O/c1-3-26-24(28(2)17-21-5-4-6-22(25)15-21)27-16-19-7-9-20(10-8-19)18-29-13-11-23(30)12-14-29/h4-10,15,23,30H,3,11-14,16-18H2,1-2H3,(H,26,27). The zero-order chi connectivity index (χ0) is 21.3. The molecule has 1 aliphatic rings. The lowest BCUT2D eigenvalue weighted by molar-refractivity contribution is 0.0792. The summed E-state index contributed by atoms with van der Waals surface area (Å²) < 4.78 is 0. The number of likely N-dealkylation sites (tertiary alicyclic amines) is 1. The molecule has 0 amide bonds. The molecule has 2 aromatic rings. The number of hydrogen-bond donors (Lipinski definition) is 2. The highest BCUT2D eigenvalue weighted by atomic mass is 35.5. The molecule has 1 aliphatic heterocycles. The molecule has 3 rings (SSSR count). The van der Waals surface area contributed by atoms with Crippen LogP contribution in [0.3, 0.4) is 0 Å². The molecule has 0 radical (unpaired) electrons. The van der Waals surface area contributed by atoms with Gasteiger partial charge in [-0.05, 0) is 48.6 Å². The van der Waals surface area contributed by atoms with Crippen molar-refractivity contribution >= 4 is 17.6 Å². The molecule has 0 atom stereocenters. The summed E-state index contributed by atoms with van der Waals surface area (Å²) in [5, 5.41) is 13.8. The van der Waals surface area contributed by atoms with E-state index in [2.05, 4.69) is 52.4 Å². The third-order valence-corrected chi connectivity index (χ3v) is 5.64. The number of rotatable bonds is 7. The van der Waals surface area contributed by atoms with Crippen LogP contribution in [0.1, 0.15) is 36.5 Å². The van der Waals surface area contributed by atoms with Gasteiger partial charge in [-0.2, -0.15) is 0 Å². The van der Waals surface area contributed by atoms with E-state index in [9.17, 15) is 5.11 Å². The lowest BCUT2D eigenvalue weighted by atomic mass is 10.1. The van der Waals surface area contributed by atoms with Gasteiger partial charge in [0.15, 0.2) is 5.96 Å². The Bertz CT molecular complexity index is 816. The van der Waals surface area contributed by atoms with Gasteiger partial charge in [0, 0.05) is 44.8 Å². The Labute approximate surface area is 185 Å². The molecule has 0 bridgehead atoms. The smallest absolute Gasteiger partial charge is 0.194 e. The highest BCUT2D eigenvalue weighted by molar-refractivity contribution is 6.30. The predicted octanol–water partition coefficient (Wildman–Crippen LogP) is 3.89. The van der Waals surface area contributed by atoms with Gasteiger partial charge in [0.2, 0.25) is 0 Å². The monoisotopic (exact) mass is 428 g/mol. The van der Waals surface area contributed by atoms with Gasteiger partial charge in [-0.25, -0.2) is 4.99 Å². The first-order chi connectivity index (χ1) is 14.5. The zero-order valence-electron chi connectivity index (χ0n) is 18.0. The van der Waals surface area contributed by atoms with E-state index < -0.39 is 0 Å². The predicted molar refractivity (Wildman–Crippen MR) is 125 cm³/mol. The molecule has 0 spiro atoms. The first-order valence-electron chi connectivity index (χ1n) is 10.8. The number of aliphatic hydroxyl groups excluding tert-OH is 1. The van der Waals surface area contributed by atoms with E-state index >= 15 is 0 Å². The fourth-order valence-electron chi connectivity index (χ4n) is 3.71. The summed E-state index contributed by atoms with van der Waals surface area (Å²) in [7, 11) is 2.04. The van der Waals surface area contributed by atoms with Crippen molar-refractivity contribution in [3.63, 3.8) is 0 Å². The van der Waals surface area contributed by atoms with Gasteiger partial charge in [0.25, 0.3) is 0 Å². The molecule has 0 unspecified atom stereocenters. The molecule has 1 saturated heterocycles. The largest absolute Gasteiger partial charge is 0.393 e. The van der Waals surface area contributed by atoms with Crippen LogP contribution in [0.5, 0.6) is 0 Å². The number of nitrogens with zero attached hydrogens (tertiary/aromatic N) is 3. The lowest BCUT2D eigenvalue weighted by Gasteiger charge is -2.29. The third kappa shape index (κ3) is 7.01. The number of aliphatic hydroxyl groups is 1. The minimum Gasteiger partial charge on any atom is -0.393 e. The van der Waals surface area contributed by atoms with Gasteiger partial charge in [0.1, 0.15) is 0 Å². The SMILES string of the molecule is CCNC(=NCc1ccc(CN2CCC(O)CC2)cc1)N(C)Cc1cccc(Cl)c1. The number of halogens is 1. The van der Waals surface area contributed by atoms with Gasteiger partial charge in [-0.15, -0.1) is 0 Å². The summed E-state index contributed by atoms with van der Waals surface area (Å²) in [6.45, 7) is 7.17. The molecular formula is C24H33ClN4O. The van der Waals surface area contributed by atoms with Crippen LogP contribution in [-0.2, 0) is 19.6 Å².